The van der Waals surface area contributed by atoms with Crippen molar-refractivity contribution in [3.63, 3.8) is 0 Å². The first-order valence-corrected chi connectivity index (χ1v) is 8.62. The summed E-state index contributed by atoms with van der Waals surface area (Å²) in [7, 11) is 0. The van der Waals surface area contributed by atoms with Crippen molar-refractivity contribution in [2.24, 2.45) is 0 Å². The molecule has 0 aliphatic carbocycles. The second-order valence-electron chi connectivity index (χ2n) is 6.76. The Morgan fingerprint density at radius 2 is 2.20 bits per heavy atom. The van der Waals surface area contributed by atoms with E-state index >= 15 is 0 Å². The van der Waals surface area contributed by atoms with Gasteiger partial charge in [-0.25, -0.2) is 4.98 Å². The zero-order valence-electron chi connectivity index (χ0n) is 13.5. The smallest absolute Gasteiger partial charge is 0.113 e. The number of nitrogens with zero attached hydrogens (tertiary/aromatic N) is 1. The minimum absolute atomic E-state index is 0.0157. The molecule has 1 fully saturated rings. The van der Waals surface area contributed by atoms with Gasteiger partial charge in [-0.2, -0.15) is 0 Å². The highest BCUT2D eigenvalue weighted by Crippen LogP contribution is 2.38. The Kier molecular flexibility index (Phi) is 4.88. The van der Waals surface area contributed by atoms with Crippen LogP contribution in [0.15, 0.2) is 5.38 Å². The summed E-state index contributed by atoms with van der Waals surface area (Å²) in [6.07, 6.45) is 3.48. The van der Waals surface area contributed by atoms with Crippen LogP contribution in [0.25, 0.3) is 0 Å². The standard InChI is InChI=1S/C16H28N2OS/c1-6-12-10-16(17-7-2,8-9-19-12)14-18-13(11-20-14)15(3,4)5/h11-12,17H,6-10H2,1-5H3. The zero-order valence-corrected chi connectivity index (χ0v) is 14.3. The van der Waals surface area contributed by atoms with Crippen molar-refractivity contribution in [1.82, 2.24) is 10.3 Å². The summed E-state index contributed by atoms with van der Waals surface area (Å²) in [5.41, 5.74) is 1.34. The molecule has 0 spiro atoms. The van der Waals surface area contributed by atoms with Crippen molar-refractivity contribution in [2.45, 2.75) is 70.9 Å². The van der Waals surface area contributed by atoms with Gasteiger partial charge in [0.25, 0.3) is 0 Å². The van der Waals surface area contributed by atoms with Gasteiger partial charge in [-0.05, 0) is 25.8 Å². The molecule has 0 amide bonds. The third kappa shape index (κ3) is 3.23. The minimum atomic E-state index is 0.0157. The molecule has 1 saturated heterocycles. The monoisotopic (exact) mass is 296 g/mol. The lowest BCUT2D eigenvalue weighted by atomic mass is 9.86. The van der Waals surface area contributed by atoms with Crippen LogP contribution in [0.5, 0.6) is 0 Å². The lowest BCUT2D eigenvalue weighted by Crippen LogP contribution is -2.49. The Balaban J connectivity index is 2.30. The molecule has 1 aromatic rings. The first-order valence-electron chi connectivity index (χ1n) is 7.74. The highest BCUT2D eigenvalue weighted by Gasteiger charge is 2.40. The van der Waals surface area contributed by atoms with E-state index in [9.17, 15) is 0 Å². The first kappa shape index (κ1) is 15.9. The molecular weight excluding hydrogens is 268 g/mol. The fourth-order valence-corrected chi connectivity index (χ4v) is 4.08. The van der Waals surface area contributed by atoms with Gasteiger partial charge < -0.3 is 10.1 Å². The molecule has 20 heavy (non-hydrogen) atoms. The van der Waals surface area contributed by atoms with Gasteiger partial charge in [0.1, 0.15) is 5.01 Å². The Morgan fingerprint density at radius 1 is 1.45 bits per heavy atom. The van der Waals surface area contributed by atoms with Gasteiger partial charge in [0, 0.05) is 17.4 Å². The van der Waals surface area contributed by atoms with Crippen molar-refractivity contribution < 1.29 is 4.74 Å². The van der Waals surface area contributed by atoms with Gasteiger partial charge in [-0.1, -0.05) is 34.6 Å². The molecule has 4 heteroatoms. The number of hydrogen-bond acceptors (Lipinski definition) is 4. The molecule has 0 radical (unpaired) electrons. The maximum absolute atomic E-state index is 5.86. The Bertz CT molecular complexity index is 434. The summed E-state index contributed by atoms with van der Waals surface area (Å²) in [5.74, 6) is 0. The van der Waals surface area contributed by atoms with Crippen LogP contribution in [-0.2, 0) is 15.7 Å². The van der Waals surface area contributed by atoms with E-state index in [0.717, 1.165) is 32.4 Å². The Morgan fingerprint density at radius 3 is 2.75 bits per heavy atom. The first-order chi connectivity index (χ1) is 9.41. The summed E-state index contributed by atoms with van der Waals surface area (Å²) in [6.45, 7) is 12.9. The van der Waals surface area contributed by atoms with Crippen molar-refractivity contribution in [3.8, 4) is 0 Å². The fraction of sp³-hybridized carbons (Fsp3) is 0.812. The van der Waals surface area contributed by atoms with Gasteiger partial charge in [0.15, 0.2) is 0 Å². The van der Waals surface area contributed by atoms with Crippen LogP contribution in [0.1, 0.15) is 64.6 Å². The second-order valence-corrected chi connectivity index (χ2v) is 7.61. The van der Waals surface area contributed by atoms with E-state index in [0.29, 0.717) is 6.10 Å². The summed E-state index contributed by atoms with van der Waals surface area (Å²) >= 11 is 1.81. The van der Waals surface area contributed by atoms with Gasteiger partial charge >= 0.3 is 0 Å². The van der Waals surface area contributed by atoms with E-state index in [1.807, 2.05) is 0 Å². The maximum atomic E-state index is 5.86. The largest absolute Gasteiger partial charge is 0.378 e. The van der Waals surface area contributed by atoms with E-state index < -0.39 is 0 Å². The summed E-state index contributed by atoms with van der Waals surface area (Å²) in [4.78, 5) is 4.97. The van der Waals surface area contributed by atoms with Gasteiger partial charge in [-0.15, -0.1) is 11.3 Å². The summed E-state index contributed by atoms with van der Waals surface area (Å²) < 4.78 is 5.86. The lowest BCUT2D eigenvalue weighted by Gasteiger charge is -2.40. The van der Waals surface area contributed by atoms with Crippen LogP contribution in [0.2, 0.25) is 0 Å². The van der Waals surface area contributed by atoms with Crippen molar-refractivity contribution in [3.05, 3.63) is 16.1 Å². The predicted octanol–water partition coefficient (Wildman–Crippen LogP) is 3.83. The Labute approximate surface area is 127 Å². The fourth-order valence-electron chi connectivity index (χ4n) is 2.82. The van der Waals surface area contributed by atoms with Crippen LogP contribution in [0.4, 0.5) is 0 Å². The quantitative estimate of drug-likeness (QED) is 0.917. The molecule has 0 bridgehead atoms. The second kappa shape index (κ2) is 6.12. The molecule has 0 saturated carbocycles. The molecule has 2 heterocycles. The number of rotatable bonds is 4. The molecule has 3 nitrogen and oxygen atoms in total. The third-order valence-corrected chi connectivity index (χ3v) is 5.16. The van der Waals surface area contributed by atoms with Crippen LogP contribution in [0, 0.1) is 0 Å². The van der Waals surface area contributed by atoms with Crippen LogP contribution in [-0.4, -0.2) is 24.2 Å². The molecule has 0 aromatic carbocycles. The predicted molar refractivity (Wildman–Crippen MR) is 85.4 cm³/mol. The molecular formula is C16H28N2OS. The molecule has 2 atom stereocenters. The molecule has 2 unspecified atom stereocenters. The average molecular weight is 296 g/mol. The highest BCUT2D eigenvalue weighted by atomic mass is 32.1. The molecule has 1 aliphatic heterocycles. The number of aromatic nitrogens is 1. The van der Waals surface area contributed by atoms with E-state index in [2.05, 4.69) is 45.3 Å². The SMILES string of the molecule is CCNC1(c2nc(C(C)(C)C)cs2)CCOC(CC)C1. The number of ether oxygens (including phenoxy) is 1. The molecule has 114 valence electrons. The minimum Gasteiger partial charge on any atom is -0.378 e. The molecule has 1 aliphatic rings. The topological polar surface area (TPSA) is 34.2 Å². The average Bonchev–Trinajstić information content (AvgIpc) is 2.89. The van der Waals surface area contributed by atoms with Crippen LogP contribution in [0.3, 0.4) is 0 Å². The van der Waals surface area contributed by atoms with Crippen LogP contribution >= 0.6 is 11.3 Å². The van der Waals surface area contributed by atoms with E-state index in [4.69, 9.17) is 9.72 Å². The lowest BCUT2D eigenvalue weighted by molar-refractivity contribution is -0.0319. The van der Waals surface area contributed by atoms with Crippen LogP contribution < -0.4 is 5.32 Å². The highest BCUT2D eigenvalue weighted by molar-refractivity contribution is 7.09. The van der Waals surface area contributed by atoms with E-state index in [1.54, 1.807) is 11.3 Å². The Hall–Kier alpha value is -0.450. The van der Waals surface area contributed by atoms with Crippen molar-refractivity contribution >= 4 is 11.3 Å². The molecule has 1 N–H and O–H groups in total. The third-order valence-electron chi connectivity index (χ3n) is 4.11. The molecule has 2 rings (SSSR count). The number of hydrogen-bond donors (Lipinski definition) is 1. The van der Waals surface area contributed by atoms with E-state index in [-0.39, 0.29) is 11.0 Å². The van der Waals surface area contributed by atoms with Gasteiger partial charge in [0.2, 0.25) is 0 Å². The molecule has 1 aromatic heterocycles. The van der Waals surface area contributed by atoms with Gasteiger partial charge in [-0.3, -0.25) is 0 Å². The summed E-state index contributed by atoms with van der Waals surface area (Å²) in [6, 6.07) is 0. The van der Waals surface area contributed by atoms with Crippen molar-refractivity contribution in [1.29, 1.82) is 0 Å². The van der Waals surface area contributed by atoms with Gasteiger partial charge in [0.05, 0.1) is 17.3 Å². The zero-order chi connectivity index (χ0) is 14.8. The normalized spacial score (nSPS) is 27.8. The van der Waals surface area contributed by atoms with E-state index in [1.165, 1.54) is 10.7 Å². The maximum Gasteiger partial charge on any atom is 0.113 e. The van der Waals surface area contributed by atoms with Crippen molar-refractivity contribution in [2.75, 3.05) is 13.2 Å². The summed E-state index contributed by atoms with van der Waals surface area (Å²) in [5, 5.41) is 7.18. The number of nitrogens with one attached hydrogen (secondary N) is 1. The number of thiazole rings is 1.